The second-order valence-corrected chi connectivity index (χ2v) is 12.9. The van der Waals surface area contributed by atoms with Gasteiger partial charge in [-0.1, -0.05) is 23.8 Å². The predicted octanol–water partition coefficient (Wildman–Crippen LogP) is 3.81. The van der Waals surface area contributed by atoms with Gasteiger partial charge in [0.15, 0.2) is 0 Å². The zero-order valence-electron chi connectivity index (χ0n) is 20.9. The fourth-order valence-corrected chi connectivity index (χ4v) is 7.82. The van der Waals surface area contributed by atoms with Crippen LogP contribution in [0.15, 0.2) is 46.7 Å². The van der Waals surface area contributed by atoms with E-state index < -0.39 is 10.0 Å². The SMILES string of the molecule is Cc1ccc(S(=O)(=O)N2CCC(OCC(=O)NC3CCC(C(c4cccs4)N(C)C)CC3)C2)cc1. The van der Waals surface area contributed by atoms with Crippen LogP contribution < -0.4 is 5.32 Å². The first-order valence-corrected chi connectivity index (χ1v) is 14.7. The number of hydrogen-bond donors (Lipinski definition) is 1. The van der Waals surface area contributed by atoms with E-state index in [1.165, 1.54) is 9.18 Å². The fraction of sp³-hybridized carbons (Fsp3) is 0.577. The Kier molecular flexibility index (Phi) is 8.65. The summed E-state index contributed by atoms with van der Waals surface area (Å²) in [4.78, 5) is 16.6. The second kappa shape index (κ2) is 11.5. The minimum atomic E-state index is -3.53. The van der Waals surface area contributed by atoms with Crippen molar-refractivity contribution < 1.29 is 17.9 Å². The van der Waals surface area contributed by atoms with Crippen LogP contribution in [0.4, 0.5) is 0 Å². The van der Waals surface area contributed by atoms with Crippen molar-refractivity contribution in [3.05, 3.63) is 52.2 Å². The third-order valence-corrected chi connectivity index (χ3v) is 10.0. The van der Waals surface area contributed by atoms with E-state index in [2.05, 4.69) is 41.8 Å². The van der Waals surface area contributed by atoms with Crippen molar-refractivity contribution in [2.24, 2.45) is 5.92 Å². The van der Waals surface area contributed by atoms with Crippen molar-refractivity contribution in [1.82, 2.24) is 14.5 Å². The molecule has 1 saturated heterocycles. The fourth-order valence-electron chi connectivity index (χ4n) is 5.32. The Labute approximate surface area is 213 Å². The van der Waals surface area contributed by atoms with Crippen LogP contribution in [0.5, 0.6) is 0 Å². The van der Waals surface area contributed by atoms with Crippen molar-refractivity contribution >= 4 is 27.3 Å². The number of amides is 1. The summed E-state index contributed by atoms with van der Waals surface area (Å²) in [6.07, 6.45) is 4.44. The third-order valence-electron chi connectivity index (χ3n) is 7.19. The molecule has 2 fully saturated rings. The zero-order chi connectivity index (χ0) is 25.0. The third kappa shape index (κ3) is 6.51. The summed E-state index contributed by atoms with van der Waals surface area (Å²) in [5, 5.41) is 5.27. The highest BCUT2D eigenvalue weighted by atomic mass is 32.2. The molecular weight excluding hydrogens is 482 g/mol. The minimum absolute atomic E-state index is 0.0292. The monoisotopic (exact) mass is 519 g/mol. The summed E-state index contributed by atoms with van der Waals surface area (Å²) in [6, 6.07) is 11.8. The van der Waals surface area contributed by atoms with Gasteiger partial charge in [-0.15, -0.1) is 11.3 Å². The largest absolute Gasteiger partial charge is 0.367 e. The number of benzene rings is 1. The van der Waals surface area contributed by atoms with Crippen LogP contribution in [0, 0.1) is 12.8 Å². The Morgan fingerprint density at radius 1 is 1.14 bits per heavy atom. The maximum Gasteiger partial charge on any atom is 0.246 e. The number of carbonyl (C=O) groups is 1. The molecule has 1 aliphatic heterocycles. The van der Waals surface area contributed by atoms with Gasteiger partial charge < -0.3 is 15.0 Å². The van der Waals surface area contributed by atoms with Crippen LogP contribution in [-0.4, -0.2) is 69.5 Å². The molecule has 7 nitrogen and oxygen atoms in total. The predicted molar refractivity (Wildman–Crippen MR) is 139 cm³/mol. The molecule has 2 heterocycles. The van der Waals surface area contributed by atoms with E-state index in [9.17, 15) is 13.2 Å². The van der Waals surface area contributed by atoms with Gasteiger partial charge in [0.2, 0.25) is 15.9 Å². The lowest BCUT2D eigenvalue weighted by atomic mass is 9.80. The number of rotatable bonds is 9. The number of carbonyl (C=O) groups excluding carboxylic acids is 1. The molecule has 9 heteroatoms. The van der Waals surface area contributed by atoms with Gasteiger partial charge >= 0.3 is 0 Å². The minimum Gasteiger partial charge on any atom is -0.367 e. The number of hydrogen-bond acceptors (Lipinski definition) is 6. The molecule has 1 saturated carbocycles. The van der Waals surface area contributed by atoms with Crippen molar-refractivity contribution in [2.75, 3.05) is 33.8 Å². The molecule has 2 unspecified atom stereocenters. The molecule has 2 aliphatic rings. The van der Waals surface area contributed by atoms with Gasteiger partial charge in [-0.25, -0.2) is 8.42 Å². The smallest absolute Gasteiger partial charge is 0.246 e. The molecule has 2 atom stereocenters. The number of sulfonamides is 1. The molecule has 1 aliphatic carbocycles. The van der Waals surface area contributed by atoms with Gasteiger partial charge in [-0.05, 0) is 82.6 Å². The van der Waals surface area contributed by atoms with E-state index in [0.717, 1.165) is 31.2 Å². The average molecular weight is 520 g/mol. The van der Waals surface area contributed by atoms with E-state index in [-0.39, 0.29) is 31.2 Å². The lowest BCUT2D eigenvalue weighted by molar-refractivity contribution is -0.128. The van der Waals surface area contributed by atoms with Gasteiger partial charge in [0.05, 0.1) is 11.0 Å². The molecule has 35 heavy (non-hydrogen) atoms. The summed E-state index contributed by atoms with van der Waals surface area (Å²) in [5.41, 5.74) is 1.02. The zero-order valence-corrected chi connectivity index (χ0v) is 22.5. The topological polar surface area (TPSA) is 78.9 Å². The van der Waals surface area contributed by atoms with Gasteiger partial charge in [-0.3, -0.25) is 4.79 Å². The molecule has 0 spiro atoms. The van der Waals surface area contributed by atoms with Crippen LogP contribution in [0.3, 0.4) is 0 Å². The van der Waals surface area contributed by atoms with E-state index in [1.807, 2.05) is 18.3 Å². The Balaban J connectivity index is 1.20. The first kappa shape index (κ1) is 26.3. The molecule has 1 amide bonds. The maximum atomic E-state index is 12.9. The first-order chi connectivity index (χ1) is 16.7. The molecular formula is C26H37N3O4S2. The Morgan fingerprint density at radius 3 is 2.49 bits per heavy atom. The van der Waals surface area contributed by atoms with Crippen LogP contribution in [0.2, 0.25) is 0 Å². The number of thiophene rings is 1. The number of aryl methyl sites for hydroxylation is 1. The Morgan fingerprint density at radius 2 is 1.86 bits per heavy atom. The number of ether oxygens (including phenoxy) is 1. The lowest BCUT2D eigenvalue weighted by Gasteiger charge is -2.37. The van der Waals surface area contributed by atoms with Crippen LogP contribution in [0.1, 0.15) is 48.6 Å². The summed E-state index contributed by atoms with van der Waals surface area (Å²) in [7, 11) is 0.755. The second-order valence-electron chi connectivity index (χ2n) is 10.0. The molecule has 0 radical (unpaired) electrons. The summed E-state index contributed by atoms with van der Waals surface area (Å²) in [6.45, 7) is 2.59. The van der Waals surface area contributed by atoms with Crippen molar-refractivity contribution in [2.45, 2.75) is 62.1 Å². The standard InChI is InChI=1S/C26H37N3O4S2/c1-19-6-12-23(13-7-19)35(31,32)29-15-14-22(17-29)33-18-25(30)27-21-10-8-20(9-11-21)26(28(2)3)24-5-4-16-34-24/h4-7,12-13,16,20-22,26H,8-11,14-15,17-18H2,1-3H3,(H,27,30). The average Bonchev–Trinajstić information content (AvgIpc) is 3.52. The molecule has 1 N–H and O–H groups in total. The van der Waals surface area contributed by atoms with E-state index in [4.69, 9.17) is 4.74 Å². The molecule has 0 bridgehead atoms. The van der Waals surface area contributed by atoms with Crippen LogP contribution in [-0.2, 0) is 19.6 Å². The molecule has 1 aromatic carbocycles. The quantitative estimate of drug-likeness (QED) is 0.545. The summed E-state index contributed by atoms with van der Waals surface area (Å²) in [5.74, 6) is 0.476. The normalized spacial score (nSPS) is 24.5. The highest BCUT2D eigenvalue weighted by Gasteiger charge is 2.34. The highest BCUT2D eigenvalue weighted by molar-refractivity contribution is 7.89. The van der Waals surface area contributed by atoms with Crippen LogP contribution in [0.25, 0.3) is 0 Å². The molecule has 192 valence electrons. The van der Waals surface area contributed by atoms with Gasteiger partial charge in [0, 0.05) is 30.1 Å². The van der Waals surface area contributed by atoms with E-state index in [0.29, 0.717) is 29.8 Å². The lowest BCUT2D eigenvalue weighted by Crippen LogP contribution is -2.41. The van der Waals surface area contributed by atoms with Crippen LogP contribution >= 0.6 is 11.3 Å². The van der Waals surface area contributed by atoms with Crippen molar-refractivity contribution in [3.8, 4) is 0 Å². The summed E-state index contributed by atoms with van der Waals surface area (Å²) < 4.78 is 33.0. The molecule has 2 aromatic rings. The number of nitrogens with one attached hydrogen (secondary N) is 1. The Bertz CT molecular complexity index is 1060. The van der Waals surface area contributed by atoms with Gasteiger partial charge in [-0.2, -0.15) is 4.31 Å². The molecule has 1 aromatic heterocycles. The van der Waals surface area contributed by atoms with Crippen molar-refractivity contribution in [1.29, 1.82) is 0 Å². The maximum absolute atomic E-state index is 12.9. The highest BCUT2D eigenvalue weighted by Crippen LogP contribution is 2.39. The first-order valence-electron chi connectivity index (χ1n) is 12.4. The number of nitrogens with zero attached hydrogens (tertiary/aromatic N) is 2. The Hall–Kier alpha value is -1.78. The molecule has 4 rings (SSSR count). The van der Waals surface area contributed by atoms with Crippen molar-refractivity contribution in [3.63, 3.8) is 0 Å². The van der Waals surface area contributed by atoms with Gasteiger partial charge in [0.25, 0.3) is 0 Å². The van der Waals surface area contributed by atoms with Gasteiger partial charge in [0.1, 0.15) is 6.61 Å². The summed E-state index contributed by atoms with van der Waals surface area (Å²) >= 11 is 1.81. The van der Waals surface area contributed by atoms with E-state index >= 15 is 0 Å². The van der Waals surface area contributed by atoms with E-state index in [1.54, 1.807) is 24.3 Å².